The van der Waals surface area contributed by atoms with Crippen molar-refractivity contribution in [2.45, 2.75) is 26.4 Å². The van der Waals surface area contributed by atoms with Gasteiger partial charge in [-0.15, -0.1) is 0 Å². The first-order valence-electron chi connectivity index (χ1n) is 8.82. The molecule has 0 aliphatic rings. The summed E-state index contributed by atoms with van der Waals surface area (Å²) >= 11 is 0. The van der Waals surface area contributed by atoms with Gasteiger partial charge in [-0.25, -0.2) is 4.79 Å². The molecule has 2 rings (SSSR count). The van der Waals surface area contributed by atoms with E-state index in [1.165, 1.54) is 16.5 Å². The van der Waals surface area contributed by atoms with Gasteiger partial charge in [0.2, 0.25) is 5.91 Å². The highest BCUT2D eigenvalue weighted by Gasteiger charge is 2.25. The minimum Gasteiger partial charge on any atom is -0.384 e. The molecule has 0 radical (unpaired) electrons. The molecule has 0 saturated heterocycles. The van der Waals surface area contributed by atoms with Crippen LogP contribution in [-0.2, 0) is 18.4 Å². The molecule has 150 valence electrons. The Labute approximate surface area is 162 Å². The monoisotopic (exact) mass is 387 g/mol. The Morgan fingerprint density at radius 3 is 2.25 bits per heavy atom. The Bertz CT molecular complexity index is 992. The number of ketones is 1. The number of Topliss-reactive ketones (excluding diaryl/α,β-unsaturated/α-hetero) is 1. The van der Waals surface area contributed by atoms with Crippen molar-refractivity contribution >= 4 is 17.5 Å². The van der Waals surface area contributed by atoms with E-state index in [1.807, 2.05) is 30.3 Å². The quantitative estimate of drug-likeness (QED) is 0.590. The Balaban J connectivity index is 2.49. The van der Waals surface area contributed by atoms with Crippen LogP contribution in [0.5, 0.6) is 0 Å². The number of anilines is 1. The summed E-state index contributed by atoms with van der Waals surface area (Å²) in [5, 5.41) is 0. The van der Waals surface area contributed by atoms with Gasteiger partial charge in [0.05, 0.1) is 19.6 Å². The van der Waals surface area contributed by atoms with Gasteiger partial charge < -0.3 is 11.5 Å². The summed E-state index contributed by atoms with van der Waals surface area (Å²) in [5.41, 5.74) is 10.5. The molecule has 1 amide bonds. The maximum atomic E-state index is 12.8. The van der Waals surface area contributed by atoms with Crippen LogP contribution >= 0.6 is 0 Å². The highest BCUT2D eigenvalue weighted by Crippen LogP contribution is 2.11. The van der Waals surface area contributed by atoms with E-state index in [1.54, 1.807) is 13.8 Å². The van der Waals surface area contributed by atoms with Crippen molar-refractivity contribution in [3.63, 3.8) is 0 Å². The molecular formula is C19H25N5O4. The largest absolute Gasteiger partial charge is 0.384 e. The van der Waals surface area contributed by atoms with E-state index in [0.29, 0.717) is 0 Å². The molecule has 0 bridgehead atoms. The lowest BCUT2D eigenvalue weighted by Crippen LogP contribution is -2.46. The van der Waals surface area contributed by atoms with Crippen molar-refractivity contribution in [1.82, 2.24) is 14.0 Å². The molecule has 2 aromatic rings. The van der Waals surface area contributed by atoms with Gasteiger partial charge in [-0.1, -0.05) is 30.3 Å². The van der Waals surface area contributed by atoms with E-state index in [2.05, 4.69) is 0 Å². The number of benzene rings is 1. The molecule has 9 nitrogen and oxygen atoms in total. The maximum absolute atomic E-state index is 12.8. The molecule has 0 aliphatic heterocycles. The summed E-state index contributed by atoms with van der Waals surface area (Å²) in [6, 6.07) is 8.93. The normalized spacial score (nSPS) is 11.2. The Kier molecular flexibility index (Phi) is 6.53. The molecule has 4 N–H and O–H groups in total. The van der Waals surface area contributed by atoms with E-state index >= 15 is 0 Å². The molecule has 0 unspecified atom stereocenters. The highest BCUT2D eigenvalue weighted by atomic mass is 16.2. The fourth-order valence-corrected chi connectivity index (χ4v) is 2.85. The standard InChI is InChI=1S/C19H25N5O4/c1-12(2)23(11-15(20)26)10-14(25)16-17(21)24(19(28)22(3)18(16)27)9-13-7-5-4-6-8-13/h4-8,12H,9-11,21H2,1-3H3,(H2,20,26). The van der Waals surface area contributed by atoms with Crippen LogP contribution < -0.4 is 22.7 Å². The summed E-state index contributed by atoms with van der Waals surface area (Å²) in [4.78, 5) is 50.7. The van der Waals surface area contributed by atoms with E-state index < -0.39 is 22.9 Å². The fourth-order valence-electron chi connectivity index (χ4n) is 2.85. The zero-order valence-corrected chi connectivity index (χ0v) is 16.2. The van der Waals surface area contributed by atoms with Crippen LogP contribution in [0.2, 0.25) is 0 Å². The molecule has 0 aliphatic carbocycles. The molecule has 0 spiro atoms. The molecule has 1 aromatic carbocycles. The second-order valence-electron chi connectivity index (χ2n) is 6.87. The topological polar surface area (TPSA) is 133 Å². The van der Waals surface area contributed by atoms with Crippen molar-refractivity contribution in [1.29, 1.82) is 0 Å². The average molecular weight is 387 g/mol. The Morgan fingerprint density at radius 2 is 1.71 bits per heavy atom. The van der Waals surface area contributed by atoms with Crippen molar-refractivity contribution in [2.75, 3.05) is 18.8 Å². The minimum absolute atomic E-state index is 0.120. The fraction of sp³-hybridized carbons (Fsp3) is 0.368. The number of carbonyl (C=O) groups excluding carboxylic acids is 2. The Morgan fingerprint density at radius 1 is 1.11 bits per heavy atom. The van der Waals surface area contributed by atoms with Crippen molar-refractivity contribution < 1.29 is 9.59 Å². The first-order chi connectivity index (χ1) is 13.1. The number of nitrogens with zero attached hydrogens (tertiary/aromatic N) is 3. The SMILES string of the molecule is CC(C)N(CC(N)=O)CC(=O)c1c(N)n(Cc2ccccc2)c(=O)n(C)c1=O. The number of nitrogens with two attached hydrogens (primary N) is 2. The molecule has 0 fully saturated rings. The zero-order valence-electron chi connectivity index (χ0n) is 16.2. The maximum Gasteiger partial charge on any atom is 0.332 e. The first kappa shape index (κ1) is 21.1. The average Bonchev–Trinajstić information content (AvgIpc) is 2.63. The lowest BCUT2D eigenvalue weighted by molar-refractivity contribution is -0.119. The van der Waals surface area contributed by atoms with Gasteiger partial charge in [-0.2, -0.15) is 0 Å². The minimum atomic E-state index is -0.764. The van der Waals surface area contributed by atoms with Gasteiger partial charge in [-0.05, 0) is 19.4 Å². The predicted octanol–water partition coefficient (Wildman–Crippen LogP) is -0.444. The summed E-state index contributed by atoms with van der Waals surface area (Å²) in [6.07, 6.45) is 0. The number of amides is 1. The zero-order chi connectivity index (χ0) is 21.0. The molecule has 1 aromatic heterocycles. The lowest BCUT2D eigenvalue weighted by atomic mass is 10.1. The van der Waals surface area contributed by atoms with Gasteiger partial charge >= 0.3 is 5.69 Å². The van der Waals surface area contributed by atoms with E-state index in [9.17, 15) is 19.2 Å². The molecule has 1 heterocycles. The molecule has 0 saturated carbocycles. The predicted molar refractivity (Wildman–Crippen MR) is 106 cm³/mol. The third-order valence-electron chi connectivity index (χ3n) is 4.48. The second-order valence-corrected chi connectivity index (χ2v) is 6.87. The van der Waals surface area contributed by atoms with Crippen molar-refractivity contribution in [2.24, 2.45) is 12.8 Å². The van der Waals surface area contributed by atoms with E-state index in [4.69, 9.17) is 11.5 Å². The van der Waals surface area contributed by atoms with Crippen LogP contribution in [0.4, 0.5) is 5.82 Å². The van der Waals surface area contributed by atoms with Gasteiger partial charge in [0.1, 0.15) is 11.4 Å². The van der Waals surface area contributed by atoms with Gasteiger partial charge in [0.25, 0.3) is 5.56 Å². The number of aromatic nitrogens is 2. The van der Waals surface area contributed by atoms with Crippen LogP contribution in [0.1, 0.15) is 29.8 Å². The number of carbonyl (C=O) groups is 2. The molecular weight excluding hydrogens is 362 g/mol. The second kappa shape index (κ2) is 8.66. The molecule has 0 atom stereocenters. The number of hydrogen-bond donors (Lipinski definition) is 2. The van der Waals surface area contributed by atoms with E-state index in [-0.39, 0.29) is 37.1 Å². The van der Waals surface area contributed by atoms with E-state index in [0.717, 1.165) is 10.1 Å². The van der Waals surface area contributed by atoms with Crippen LogP contribution in [-0.4, -0.2) is 44.9 Å². The number of hydrogen-bond acceptors (Lipinski definition) is 6. The third-order valence-corrected chi connectivity index (χ3v) is 4.48. The summed E-state index contributed by atoms with van der Waals surface area (Å²) in [5.74, 6) is -1.35. The summed E-state index contributed by atoms with van der Waals surface area (Å²) in [6.45, 7) is 3.37. The molecule has 9 heteroatoms. The highest BCUT2D eigenvalue weighted by molar-refractivity contribution is 6.01. The van der Waals surface area contributed by atoms with Crippen LogP contribution in [0, 0.1) is 0 Å². The van der Waals surface area contributed by atoms with Crippen LogP contribution in [0.15, 0.2) is 39.9 Å². The Hall–Kier alpha value is -3.20. The van der Waals surface area contributed by atoms with Crippen molar-refractivity contribution in [3.05, 3.63) is 62.3 Å². The number of primary amides is 1. The van der Waals surface area contributed by atoms with Crippen LogP contribution in [0.3, 0.4) is 0 Å². The lowest BCUT2D eigenvalue weighted by Gasteiger charge is -2.24. The summed E-state index contributed by atoms with van der Waals surface area (Å²) in [7, 11) is 1.30. The van der Waals surface area contributed by atoms with Crippen molar-refractivity contribution in [3.8, 4) is 0 Å². The number of nitrogen functional groups attached to an aromatic ring is 1. The van der Waals surface area contributed by atoms with Gasteiger partial charge in [-0.3, -0.25) is 28.4 Å². The third kappa shape index (κ3) is 4.55. The molecule has 28 heavy (non-hydrogen) atoms. The smallest absolute Gasteiger partial charge is 0.332 e. The first-order valence-corrected chi connectivity index (χ1v) is 8.82. The van der Waals surface area contributed by atoms with Gasteiger partial charge in [0, 0.05) is 13.1 Å². The van der Waals surface area contributed by atoms with Crippen LogP contribution in [0.25, 0.3) is 0 Å². The number of rotatable bonds is 8. The van der Waals surface area contributed by atoms with Gasteiger partial charge in [0.15, 0.2) is 5.78 Å². The summed E-state index contributed by atoms with van der Waals surface area (Å²) < 4.78 is 2.05.